The van der Waals surface area contributed by atoms with Crippen molar-refractivity contribution in [1.29, 1.82) is 0 Å². The number of nitrogens with one attached hydrogen (secondary N) is 2. The number of rotatable bonds is 6. The molecule has 170 valence electrons. The molecule has 9 nitrogen and oxygen atoms in total. The first-order chi connectivity index (χ1) is 15.6. The van der Waals surface area contributed by atoms with Crippen molar-refractivity contribution in [2.45, 2.75) is 12.5 Å². The molecular weight excluding hydrogens is 432 g/mol. The van der Waals surface area contributed by atoms with Gasteiger partial charge in [-0.1, -0.05) is 18.2 Å². The zero-order valence-electron chi connectivity index (χ0n) is 17.6. The van der Waals surface area contributed by atoms with Gasteiger partial charge in [-0.3, -0.25) is 14.9 Å². The van der Waals surface area contributed by atoms with Gasteiger partial charge in [0.1, 0.15) is 5.75 Å². The number of carbonyl (C=O) groups is 3. The molecule has 1 aromatic carbocycles. The maximum Gasteiger partial charge on any atom is 0.321 e. The molecule has 3 heterocycles. The van der Waals surface area contributed by atoms with E-state index in [1.165, 1.54) is 0 Å². The largest absolute Gasteiger partial charge is 0.477 e. The molecule has 10 heteroatoms. The van der Waals surface area contributed by atoms with Crippen LogP contribution < -0.4 is 20.3 Å². The minimum atomic E-state index is -0.726. The Morgan fingerprint density at radius 1 is 1.09 bits per heavy atom. The molecule has 32 heavy (non-hydrogen) atoms. The van der Waals surface area contributed by atoms with E-state index in [4.69, 9.17) is 9.47 Å². The van der Waals surface area contributed by atoms with E-state index in [0.717, 1.165) is 4.88 Å². The first-order valence-electron chi connectivity index (χ1n) is 10.6. The molecule has 4 amide bonds. The van der Waals surface area contributed by atoms with Crippen molar-refractivity contribution in [3.05, 3.63) is 46.7 Å². The van der Waals surface area contributed by atoms with E-state index in [-0.39, 0.29) is 19.0 Å². The van der Waals surface area contributed by atoms with Crippen molar-refractivity contribution >= 4 is 34.9 Å². The lowest BCUT2D eigenvalue weighted by Gasteiger charge is -2.37. The van der Waals surface area contributed by atoms with Gasteiger partial charge in [0, 0.05) is 24.5 Å². The van der Waals surface area contributed by atoms with Crippen molar-refractivity contribution in [2.75, 3.05) is 50.8 Å². The molecule has 1 aromatic heterocycles. The molecule has 0 bridgehead atoms. The summed E-state index contributed by atoms with van der Waals surface area (Å²) < 4.78 is 11.3. The van der Waals surface area contributed by atoms with Crippen molar-refractivity contribution in [3.63, 3.8) is 0 Å². The van der Waals surface area contributed by atoms with Crippen LogP contribution in [0.1, 0.15) is 4.88 Å². The van der Waals surface area contributed by atoms with Gasteiger partial charge in [-0.05, 0) is 30.0 Å². The number of imide groups is 1. The summed E-state index contributed by atoms with van der Waals surface area (Å²) in [6, 6.07) is 10.7. The second kappa shape index (κ2) is 10.5. The predicted molar refractivity (Wildman–Crippen MR) is 120 cm³/mol. The molecule has 0 saturated carbocycles. The highest BCUT2D eigenvalue weighted by molar-refractivity contribution is 7.09. The highest BCUT2D eigenvalue weighted by Crippen LogP contribution is 2.33. The minimum Gasteiger partial charge on any atom is -0.477 e. The Kier molecular flexibility index (Phi) is 7.23. The minimum absolute atomic E-state index is 0.0639. The number of anilines is 1. The fraction of sp³-hybridized carbons (Fsp3) is 0.409. The van der Waals surface area contributed by atoms with Crippen molar-refractivity contribution in [2.24, 2.45) is 0 Å². The van der Waals surface area contributed by atoms with Gasteiger partial charge in [-0.2, -0.15) is 0 Å². The number of hydrogen-bond acceptors (Lipinski definition) is 7. The summed E-state index contributed by atoms with van der Waals surface area (Å²) in [5.41, 5.74) is 0.715. The lowest BCUT2D eigenvalue weighted by Crippen LogP contribution is -2.54. The van der Waals surface area contributed by atoms with Gasteiger partial charge < -0.3 is 24.6 Å². The van der Waals surface area contributed by atoms with E-state index in [2.05, 4.69) is 10.6 Å². The van der Waals surface area contributed by atoms with Crippen LogP contribution in [0.5, 0.6) is 5.75 Å². The number of hydrogen-bond donors (Lipinski definition) is 2. The van der Waals surface area contributed by atoms with Crippen LogP contribution in [-0.2, 0) is 20.7 Å². The fourth-order valence-electron chi connectivity index (χ4n) is 3.71. The third-order valence-corrected chi connectivity index (χ3v) is 6.22. The van der Waals surface area contributed by atoms with Crippen LogP contribution in [0.4, 0.5) is 10.5 Å². The molecule has 4 rings (SSSR count). The molecule has 1 saturated heterocycles. The lowest BCUT2D eigenvalue weighted by molar-refractivity contribution is -0.142. The molecule has 0 aliphatic carbocycles. The maximum absolute atomic E-state index is 12.9. The van der Waals surface area contributed by atoms with Crippen LogP contribution in [0.3, 0.4) is 0 Å². The average molecular weight is 459 g/mol. The Balaban J connectivity index is 1.34. The van der Waals surface area contributed by atoms with Crippen LogP contribution in [0.2, 0.25) is 0 Å². The van der Waals surface area contributed by atoms with Crippen LogP contribution in [-0.4, -0.2) is 74.8 Å². The van der Waals surface area contributed by atoms with Crippen molar-refractivity contribution < 1.29 is 23.9 Å². The van der Waals surface area contributed by atoms with E-state index >= 15 is 0 Å². The molecule has 1 unspecified atom stereocenters. The van der Waals surface area contributed by atoms with Gasteiger partial charge >= 0.3 is 6.03 Å². The molecular formula is C22H26N4O5S. The Morgan fingerprint density at radius 2 is 1.91 bits per heavy atom. The van der Waals surface area contributed by atoms with E-state index in [0.29, 0.717) is 50.7 Å². The van der Waals surface area contributed by atoms with Gasteiger partial charge in [-0.15, -0.1) is 11.3 Å². The zero-order chi connectivity index (χ0) is 22.3. The van der Waals surface area contributed by atoms with Gasteiger partial charge in [0.2, 0.25) is 5.91 Å². The number of morpholine rings is 1. The number of thiophene rings is 1. The quantitative estimate of drug-likeness (QED) is 0.676. The number of nitrogens with zero attached hydrogens (tertiary/aromatic N) is 2. The van der Waals surface area contributed by atoms with Gasteiger partial charge in [0.15, 0.2) is 6.10 Å². The van der Waals surface area contributed by atoms with Gasteiger partial charge in [-0.25, -0.2) is 4.79 Å². The smallest absolute Gasteiger partial charge is 0.321 e. The molecule has 1 fully saturated rings. The molecule has 0 spiro atoms. The standard InChI is InChI=1S/C22H26N4O5S/c27-20(24-22(29)23-8-7-16-4-3-13-32-16)15-26-14-19(21(28)25-9-11-30-12-10-25)31-18-6-2-1-5-17(18)26/h1-6,13,19H,7-12,14-15H2,(H2,23,24,27,29). The van der Waals surface area contributed by atoms with Crippen molar-refractivity contribution in [1.82, 2.24) is 15.5 Å². The highest BCUT2D eigenvalue weighted by Gasteiger charge is 2.34. The molecule has 0 radical (unpaired) electrons. The Hall–Kier alpha value is -3.11. The number of carbonyl (C=O) groups excluding carboxylic acids is 3. The zero-order valence-corrected chi connectivity index (χ0v) is 18.4. The summed E-state index contributed by atoms with van der Waals surface area (Å²) in [6.45, 7) is 2.65. The topological polar surface area (TPSA) is 100 Å². The number of fused-ring (bicyclic) bond motifs is 1. The number of urea groups is 1. The maximum atomic E-state index is 12.9. The normalized spacial score (nSPS) is 17.8. The average Bonchev–Trinajstić information content (AvgIpc) is 3.32. The summed E-state index contributed by atoms with van der Waals surface area (Å²) >= 11 is 1.62. The molecule has 1 atom stereocenters. The van der Waals surface area contributed by atoms with Crippen LogP contribution >= 0.6 is 11.3 Å². The van der Waals surface area contributed by atoms with E-state index in [1.807, 2.05) is 35.7 Å². The number of para-hydroxylation sites is 2. The summed E-state index contributed by atoms with van der Waals surface area (Å²) in [5.74, 6) is -0.0361. The number of amides is 4. The molecule has 2 N–H and O–H groups in total. The highest BCUT2D eigenvalue weighted by atomic mass is 32.1. The van der Waals surface area contributed by atoms with Gasteiger partial charge in [0.25, 0.3) is 5.91 Å². The second-order valence-electron chi connectivity index (χ2n) is 7.53. The van der Waals surface area contributed by atoms with Crippen LogP contribution in [0.25, 0.3) is 0 Å². The summed E-state index contributed by atoms with van der Waals surface area (Å²) in [7, 11) is 0. The molecule has 2 aliphatic heterocycles. The first-order valence-corrected chi connectivity index (χ1v) is 11.5. The summed E-state index contributed by atoms with van der Waals surface area (Å²) in [6.07, 6.45) is -0.0167. The third kappa shape index (κ3) is 5.57. The van der Waals surface area contributed by atoms with E-state index in [1.54, 1.807) is 27.2 Å². The second-order valence-corrected chi connectivity index (χ2v) is 8.56. The lowest BCUT2D eigenvalue weighted by atomic mass is 10.1. The fourth-order valence-corrected chi connectivity index (χ4v) is 4.42. The summed E-state index contributed by atoms with van der Waals surface area (Å²) in [4.78, 5) is 42.2. The van der Waals surface area contributed by atoms with Crippen molar-refractivity contribution in [3.8, 4) is 5.75 Å². The SMILES string of the molecule is O=C(CN1CC(C(=O)N2CCOCC2)Oc2ccccc21)NC(=O)NCCc1cccs1. The third-order valence-electron chi connectivity index (χ3n) is 5.28. The Bertz CT molecular complexity index is 946. The monoisotopic (exact) mass is 458 g/mol. The number of benzene rings is 1. The molecule has 2 aliphatic rings. The van der Waals surface area contributed by atoms with E-state index < -0.39 is 18.0 Å². The summed E-state index contributed by atoms with van der Waals surface area (Å²) in [5, 5.41) is 7.05. The number of ether oxygens (including phenoxy) is 2. The molecule has 2 aromatic rings. The van der Waals surface area contributed by atoms with E-state index in [9.17, 15) is 14.4 Å². The van der Waals surface area contributed by atoms with Gasteiger partial charge in [0.05, 0.1) is 32.0 Å². The first kappa shape index (κ1) is 22.1. The van der Waals surface area contributed by atoms with Crippen LogP contribution in [0, 0.1) is 0 Å². The Morgan fingerprint density at radius 3 is 2.69 bits per heavy atom. The predicted octanol–water partition coefficient (Wildman–Crippen LogP) is 1.24. The van der Waals surface area contributed by atoms with Crippen LogP contribution in [0.15, 0.2) is 41.8 Å². The Labute approximate surface area is 190 Å².